The number of hydrogen-bond acceptors (Lipinski definition) is 2. The molecule has 3 nitrogen and oxygen atoms in total. The zero-order valence-corrected chi connectivity index (χ0v) is 18.7. The second kappa shape index (κ2) is 9.96. The maximum absolute atomic E-state index is 6.18. The van der Waals surface area contributed by atoms with E-state index in [1.54, 1.807) is 0 Å². The maximum atomic E-state index is 6.18. The van der Waals surface area contributed by atoms with Crippen molar-refractivity contribution >= 4 is 11.0 Å². The van der Waals surface area contributed by atoms with Crippen LogP contribution in [-0.2, 0) is 6.54 Å². The molecule has 0 fully saturated rings. The molecular formula is C26H36N2O. The summed E-state index contributed by atoms with van der Waals surface area (Å²) in [4.78, 5) is 4.97. The van der Waals surface area contributed by atoms with Gasteiger partial charge in [-0.15, -0.1) is 0 Å². The van der Waals surface area contributed by atoms with Crippen molar-refractivity contribution in [3.8, 4) is 5.75 Å². The first-order valence-corrected chi connectivity index (χ1v) is 11.2. The number of ether oxygens (including phenoxy) is 1. The molecule has 0 saturated heterocycles. The van der Waals surface area contributed by atoms with E-state index in [-0.39, 0.29) is 0 Å². The van der Waals surface area contributed by atoms with Crippen molar-refractivity contribution < 1.29 is 4.74 Å². The van der Waals surface area contributed by atoms with E-state index in [2.05, 4.69) is 81.7 Å². The van der Waals surface area contributed by atoms with Crippen molar-refractivity contribution in [2.24, 2.45) is 0 Å². The van der Waals surface area contributed by atoms with Gasteiger partial charge in [-0.05, 0) is 67.9 Å². The molecule has 0 aliphatic heterocycles. The first-order chi connectivity index (χ1) is 14.0. The Morgan fingerprint density at radius 1 is 1.00 bits per heavy atom. The zero-order chi connectivity index (χ0) is 20.8. The van der Waals surface area contributed by atoms with Gasteiger partial charge in [0.1, 0.15) is 11.6 Å². The summed E-state index contributed by atoms with van der Waals surface area (Å²) < 4.78 is 8.63. The molecule has 3 rings (SSSR count). The molecule has 3 heteroatoms. The number of unbranched alkanes of at least 4 members (excludes halogenated alkanes) is 1. The second-order valence-corrected chi connectivity index (χ2v) is 8.38. The van der Waals surface area contributed by atoms with Gasteiger partial charge in [0.05, 0.1) is 17.6 Å². The third-order valence-corrected chi connectivity index (χ3v) is 5.86. The summed E-state index contributed by atoms with van der Waals surface area (Å²) in [6, 6.07) is 15.1. The summed E-state index contributed by atoms with van der Waals surface area (Å²) in [5.74, 6) is 3.30. The van der Waals surface area contributed by atoms with Gasteiger partial charge >= 0.3 is 0 Å². The number of nitrogens with zero attached hydrogens (tertiary/aromatic N) is 2. The molecule has 156 valence electrons. The van der Waals surface area contributed by atoms with Crippen molar-refractivity contribution in [1.29, 1.82) is 0 Å². The molecule has 0 bridgehead atoms. The fraction of sp³-hybridized carbons (Fsp3) is 0.500. The highest BCUT2D eigenvalue weighted by atomic mass is 16.5. The van der Waals surface area contributed by atoms with Crippen molar-refractivity contribution in [2.75, 3.05) is 6.61 Å². The van der Waals surface area contributed by atoms with Crippen LogP contribution in [0.25, 0.3) is 11.0 Å². The van der Waals surface area contributed by atoms with Crippen molar-refractivity contribution in [1.82, 2.24) is 9.55 Å². The molecule has 2 aromatic carbocycles. The van der Waals surface area contributed by atoms with Gasteiger partial charge in [-0.3, -0.25) is 0 Å². The molecule has 1 aromatic heterocycles. The van der Waals surface area contributed by atoms with Gasteiger partial charge in [0.25, 0.3) is 0 Å². The van der Waals surface area contributed by atoms with E-state index in [0.29, 0.717) is 11.8 Å². The number of aromatic nitrogens is 2. The average molecular weight is 393 g/mol. The van der Waals surface area contributed by atoms with Gasteiger partial charge in [0.2, 0.25) is 0 Å². The molecule has 3 aromatic rings. The third-order valence-electron chi connectivity index (χ3n) is 5.86. The van der Waals surface area contributed by atoms with Crippen LogP contribution >= 0.6 is 0 Å². The molecule has 0 N–H and O–H groups in total. The Kier molecular flexibility index (Phi) is 7.35. The SMILES string of the molecule is CCC(CC)c1nc2ccccc2n1CCCCOc1cc(C)ccc1C(C)C. The van der Waals surface area contributed by atoms with Crippen LogP contribution in [0, 0.1) is 6.92 Å². The van der Waals surface area contributed by atoms with Crippen LogP contribution in [0.4, 0.5) is 0 Å². The summed E-state index contributed by atoms with van der Waals surface area (Å²) in [5, 5.41) is 0. The minimum Gasteiger partial charge on any atom is -0.493 e. The smallest absolute Gasteiger partial charge is 0.122 e. The molecule has 0 radical (unpaired) electrons. The Bertz CT molecular complexity index is 922. The van der Waals surface area contributed by atoms with Gasteiger partial charge in [0.15, 0.2) is 0 Å². The highest BCUT2D eigenvalue weighted by Crippen LogP contribution is 2.29. The standard InChI is InChI=1S/C26H36N2O/c1-6-21(7-2)26-27-23-12-8-9-13-24(23)28(26)16-10-11-17-29-25-18-20(5)14-15-22(25)19(3)4/h8-9,12-15,18-19,21H,6-7,10-11,16-17H2,1-5H3. The van der Waals surface area contributed by atoms with E-state index in [4.69, 9.17) is 9.72 Å². The predicted molar refractivity (Wildman–Crippen MR) is 123 cm³/mol. The topological polar surface area (TPSA) is 27.1 Å². The number of hydrogen-bond donors (Lipinski definition) is 0. The lowest BCUT2D eigenvalue weighted by molar-refractivity contribution is 0.299. The minimum atomic E-state index is 0.477. The van der Waals surface area contributed by atoms with E-state index in [1.807, 2.05) is 0 Å². The Hall–Kier alpha value is -2.29. The lowest BCUT2D eigenvalue weighted by Gasteiger charge is -2.17. The van der Waals surface area contributed by atoms with Crippen LogP contribution in [0.2, 0.25) is 0 Å². The van der Waals surface area contributed by atoms with E-state index in [9.17, 15) is 0 Å². The number of fused-ring (bicyclic) bond motifs is 1. The first-order valence-electron chi connectivity index (χ1n) is 11.2. The van der Waals surface area contributed by atoms with Crippen molar-refractivity contribution in [3.05, 3.63) is 59.4 Å². The molecule has 0 amide bonds. The molecule has 1 heterocycles. The van der Waals surface area contributed by atoms with Crippen LogP contribution in [0.15, 0.2) is 42.5 Å². The summed E-state index contributed by atoms with van der Waals surface area (Å²) >= 11 is 0. The largest absolute Gasteiger partial charge is 0.493 e. The molecule has 29 heavy (non-hydrogen) atoms. The number of benzene rings is 2. The predicted octanol–water partition coefficient (Wildman–Crippen LogP) is 7.23. The van der Waals surface area contributed by atoms with Gasteiger partial charge in [-0.2, -0.15) is 0 Å². The second-order valence-electron chi connectivity index (χ2n) is 8.38. The van der Waals surface area contributed by atoms with E-state index in [1.165, 1.54) is 22.5 Å². The normalized spacial score (nSPS) is 11.7. The third kappa shape index (κ3) is 5.01. The van der Waals surface area contributed by atoms with Gasteiger partial charge in [0, 0.05) is 12.5 Å². The summed E-state index contributed by atoms with van der Waals surface area (Å²) in [6.45, 7) is 12.9. The van der Waals surface area contributed by atoms with Crippen molar-refractivity contribution in [2.45, 2.75) is 78.7 Å². The monoisotopic (exact) mass is 392 g/mol. The number of imidazole rings is 1. The Morgan fingerprint density at radius 2 is 1.76 bits per heavy atom. The molecule has 0 saturated carbocycles. The number of rotatable bonds is 10. The molecule has 0 unspecified atom stereocenters. The lowest BCUT2D eigenvalue weighted by Crippen LogP contribution is -2.10. The fourth-order valence-electron chi connectivity index (χ4n) is 4.09. The number of para-hydroxylation sites is 2. The van der Waals surface area contributed by atoms with E-state index >= 15 is 0 Å². The highest BCUT2D eigenvalue weighted by Gasteiger charge is 2.17. The molecule has 0 aliphatic carbocycles. The molecule has 0 spiro atoms. The number of aryl methyl sites for hydroxylation is 2. The summed E-state index contributed by atoms with van der Waals surface area (Å²) in [5.41, 5.74) is 4.93. The van der Waals surface area contributed by atoms with Gasteiger partial charge in [-0.25, -0.2) is 4.98 Å². The Morgan fingerprint density at radius 3 is 2.48 bits per heavy atom. The van der Waals surface area contributed by atoms with Crippen LogP contribution in [0.1, 0.15) is 82.2 Å². The van der Waals surface area contributed by atoms with Crippen LogP contribution in [-0.4, -0.2) is 16.2 Å². The molecule has 0 aliphatic rings. The lowest BCUT2D eigenvalue weighted by atomic mass is 10.0. The Labute approximate surface area is 176 Å². The van der Waals surface area contributed by atoms with Crippen molar-refractivity contribution in [3.63, 3.8) is 0 Å². The molecular weight excluding hydrogens is 356 g/mol. The zero-order valence-electron chi connectivity index (χ0n) is 18.7. The van der Waals surface area contributed by atoms with Gasteiger partial charge < -0.3 is 9.30 Å². The Balaban J connectivity index is 1.65. The fourth-order valence-corrected chi connectivity index (χ4v) is 4.09. The van der Waals surface area contributed by atoms with E-state index in [0.717, 1.165) is 50.1 Å². The summed E-state index contributed by atoms with van der Waals surface area (Å²) in [6.07, 6.45) is 4.40. The van der Waals surface area contributed by atoms with Crippen LogP contribution in [0.5, 0.6) is 5.75 Å². The maximum Gasteiger partial charge on any atom is 0.122 e. The summed E-state index contributed by atoms with van der Waals surface area (Å²) in [7, 11) is 0. The van der Waals surface area contributed by atoms with Gasteiger partial charge in [-0.1, -0.05) is 52.0 Å². The van der Waals surface area contributed by atoms with E-state index < -0.39 is 0 Å². The average Bonchev–Trinajstić information content (AvgIpc) is 3.07. The quantitative estimate of drug-likeness (QED) is 0.340. The minimum absolute atomic E-state index is 0.477. The molecule has 0 atom stereocenters. The van der Waals surface area contributed by atoms with Crippen LogP contribution < -0.4 is 4.74 Å². The first kappa shape index (κ1) is 21.4. The van der Waals surface area contributed by atoms with Crippen LogP contribution in [0.3, 0.4) is 0 Å². The highest BCUT2D eigenvalue weighted by molar-refractivity contribution is 5.76.